The van der Waals surface area contributed by atoms with Crippen LogP contribution < -0.4 is 5.32 Å². The number of aliphatic hydroxyl groups is 1. The van der Waals surface area contributed by atoms with Gasteiger partial charge in [0, 0.05) is 11.3 Å². The van der Waals surface area contributed by atoms with Crippen molar-refractivity contribution in [3.63, 3.8) is 0 Å². The Morgan fingerprint density at radius 2 is 1.91 bits per heavy atom. The zero-order valence-corrected chi connectivity index (χ0v) is 12.5. The molecule has 1 aliphatic carbocycles. The molecule has 1 saturated carbocycles. The monoisotopic (exact) mass is 307 g/mol. The fourth-order valence-corrected chi connectivity index (χ4v) is 2.66. The number of amides is 1. The van der Waals surface area contributed by atoms with Gasteiger partial charge in [0.15, 0.2) is 5.82 Å². The molecule has 1 aromatic heterocycles. The lowest BCUT2D eigenvalue weighted by Gasteiger charge is -2.04. The Bertz CT molecular complexity index is 864. The first-order valence-corrected chi connectivity index (χ1v) is 7.74. The molecule has 116 valence electrons. The molecule has 0 bridgehead atoms. The molecule has 0 spiro atoms. The predicted octanol–water partition coefficient (Wildman–Crippen LogP) is 3.07. The number of benzene rings is 2. The third kappa shape index (κ3) is 2.71. The number of aromatic amines is 1. The van der Waals surface area contributed by atoms with Gasteiger partial charge in [0.1, 0.15) is 0 Å². The van der Waals surface area contributed by atoms with Crippen molar-refractivity contribution in [3.8, 4) is 11.1 Å². The van der Waals surface area contributed by atoms with Crippen molar-refractivity contribution >= 4 is 22.6 Å². The number of rotatable bonds is 4. The van der Waals surface area contributed by atoms with Gasteiger partial charge in [-0.05, 0) is 41.7 Å². The molecule has 0 atom stereocenters. The molecule has 1 fully saturated rings. The summed E-state index contributed by atoms with van der Waals surface area (Å²) >= 11 is 0. The zero-order chi connectivity index (χ0) is 15.8. The summed E-state index contributed by atoms with van der Waals surface area (Å²) in [5.41, 5.74) is 3.91. The number of H-pyrrole nitrogens is 1. The average molecular weight is 307 g/mol. The molecule has 1 heterocycles. The Labute approximate surface area is 133 Å². The summed E-state index contributed by atoms with van der Waals surface area (Å²) < 4.78 is 0. The van der Waals surface area contributed by atoms with Crippen LogP contribution in [0.25, 0.3) is 22.0 Å². The van der Waals surface area contributed by atoms with E-state index in [0.717, 1.165) is 40.4 Å². The molecule has 0 radical (unpaired) electrons. The van der Waals surface area contributed by atoms with Gasteiger partial charge in [-0.3, -0.25) is 9.89 Å². The number of fused-ring (bicyclic) bond motifs is 1. The first kappa shape index (κ1) is 14.0. The average Bonchev–Trinajstić information content (AvgIpc) is 3.38. The third-order valence-electron chi connectivity index (χ3n) is 4.22. The van der Waals surface area contributed by atoms with E-state index in [4.69, 9.17) is 5.11 Å². The van der Waals surface area contributed by atoms with Gasteiger partial charge in [0.2, 0.25) is 5.91 Å². The second-order valence-corrected chi connectivity index (χ2v) is 5.95. The summed E-state index contributed by atoms with van der Waals surface area (Å²) in [6.45, 7) is 0.0456. The van der Waals surface area contributed by atoms with Crippen LogP contribution in [0.2, 0.25) is 0 Å². The molecule has 0 unspecified atom stereocenters. The number of carbonyl (C=O) groups is 1. The number of aliphatic hydroxyl groups excluding tert-OH is 1. The van der Waals surface area contributed by atoms with Crippen molar-refractivity contribution in [1.29, 1.82) is 0 Å². The fraction of sp³-hybridized carbons (Fsp3) is 0.222. The summed E-state index contributed by atoms with van der Waals surface area (Å²) in [6.07, 6.45) is 1.95. The number of nitrogens with zero attached hydrogens (tertiary/aromatic N) is 1. The zero-order valence-electron chi connectivity index (χ0n) is 12.5. The molecule has 3 N–H and O–H groups in total. The van der Waals surface area contributed by atoms with E-state index in [1.165, 1.54) is 0 Å². The standard InChI is InChI=1S/C18H17N3O2/c22-10-11-1-3-12(4-2-11)14-7-8-15-16(9-14)20-21-17(15)19-18(23)13-5-6-13/h1-4,7-9,13,22H,5-6,10H2,(H2,19,20,21,23). The Balaban J connectivity index is 1.64. The van der Waals surface area contributed by atoms with Gasteiger partial charge in [-0.2, -0.15) is 5.10 Å². The van der Waals surface area contributed by atoms with Gasteiger partial charge in [-0.25, -0.2) is 0 Å². The first-order chi connectivity index (χ1) is 11.2. The van der Waals surface area contributed by atoms with E-state index >= 15 is 0 Å². The van der Waals surface area contributed by atoms with E-state index in [2.05, 4.69) is 15.5 Å². The molecule has 4 rings (SSSR count). The number of anilines is 1. The van der Waals surface area contributed by atoms with Crippen LogP contribution in [0.15, 0.2) is 42.5 Å². The highest BCUT2D eigenvalue weighted by atomic mass is 16.3. The van der Waals surface area contributed by atoms with Crippen LogP contribution in [0.3, 0.4) is 0 Å². The van der Waals surface area contributed by atoms with E-state index in [1.54, 1.807) is 0 Å². The molecule has 1 amide bonds. The minimum Gasteiger partial charge on any atom is -0.392 e. The maximum Gasteiger partial charge on any atom is 0.228 e. The van der Waals surface area contributed by atoms with Gasteiger partial charge < -0.3 is 10.4 Å². The summed E-state index contributed by atoms with van der Waals surface area (Å²) in [5, 5.41) is 20.1. The smallest absolute Gasteiger partial charge is 0.228 e. The minimum atomic E-state index is 0.0456. The second kappa shape index (κ2) is 5.52. The quantitative estimate of drug-likeness (QED) is 0.693. The van der Waals surface area contributed by atoms with Crippen molar-refractivity contribution < 1.29 is 9.90 Å². The van der Waals surface area contributed by atoms with Crippen LogP contribution in [-0.2, 0) is 11.4 Å². The number of nitrogens with one attached hydrogen (secondary N) is 2. The van der Waals surface area contributed by atoms with Crippen molar-refractivity contribution in [2.24, 2.45) is 5.92 Å². The van der Waals surface area contributed by atoms with Crippen molar-refractivity contribution in [3.05, 3.63) is 48.0 Å². The lowest BCUT2D eigenvalue weighted by molar-refractivity contribution is -0.117. The topological polar surface area (TPSA) is 78.0 Å². The predicted molar refractivity (Wildman–Crippen MR) is 88.8 cm³/mol. The van der Waals surface area contributed by atoms with Gasteiger partial charge in [-0.1, -0.05) is 30.3 Å². The summed E-state index contributed by atoms with van der Waals surface area (Å²) in [4.78, 5) is 11.9. The maximum atomic E-state index is 11.9. The van der Waals surface area contributed by atoms with E-state index in [1.807, 2.05) is 42.5 Å². The molecule has 0 aliphatic heterocycles. The van der Waals surface area contributed by atoms with Crippen molar-refractivity contribution in [1.82, 2.24) is 10.2 Å². The fourth-order valence-electron chi connectivity index (χ4n) is 2.66. The van der Waals surface area contributed by atoms with E-state index in [9.17, 15) is 4.79 Å². The number of hydrogen-bond acceptors (Lipinski definition) is 3. The van der Waals surface area contributed by atoms with Crippen LogP contribution in [0.4, 0.5) is 5.82 Å². The highest BCUT2D eigenvalue weighted by Crippen LogP contribution is 2.32. The first-order valence-electron chi connectivity index (χ1n) is 7.74. The van der Waals surface area contributed by atoms with Crippen LogP contribution >= 0.6 is 0 Å². The van der Waals surface area contributed by atoms with Crippen LogP contribution in [0.5, 0.6) is 0 Å². The van der Waals surface area contributed by atoms with Crippen molar-refractivity contribution in [2.45, 2.75) is 19.4 Å². The molecule has 2 aromatic carbocycles. The Hall–Kier alpha value is -2.66. The third-order valence-corrected chi connectivity index (χ3v) is 4.22. The lowest BCUT2D eigenvalue weighted by atomic mass is 10.0. The molecule has 3 aromatic rings. The van der Waals surface area contributed by atoms with E-state index in [-0.39, 0.29) is 18.4 Å². The molecular formula is C18H17N3O2. The molecule has 0 saturated heterocycles. The van der Waals surface area contributed by atoms with Gasteiger partial charge >= 0.3 is 0 Å². The lowest BCUT2D eigenvalue weighted by Crippen LogP contribution is -2.13. The minimum absolute atomic E-state index is 0.0456. The molecule has 1 aliphatic rings. The van der Waals surface area contributed by atoms with Gasteiger partial charge in [0.25, 0.3) is 0 Å². The Kier molecular flexibility index (Phi) is 3.35. The van der Waals surface area contributed by atoms with Crippen molar-refractivity contribution in [2.75, 3.05) is 5.32 Å². The van der Waals surface area contributed by atoms with Crippen LogP contribution in [0, 0.1) is 5.92 Å². The summed E-state index contributed by atoms with van der Waals surface area (Å²) in [5.74, 6) is 0.812. The van der Waals surface area contributed by atoms with Gasteiger partial charge in [-0.15, -0.1) is 0 Å². The largest absolute Gasteiger partial charge is 0.392 e. The van der Waals surface area contributed by atoms with Gasteiger partial charge in [0.05, 0.1) is 12.1 Å². The highest BCUT2D eigenvalue weighted by Gasteiger charge is 2.30. The molecule has 5 heteroatoms. The number of aromatic nitrogens is 2. The number of hydrogen-bond donors (Lipinski definition) is 3. The normalized spacial score (nSPS) is 14.1. The molecule has 5 nitrogen and oxygen atoms in total. The second-order valence-electron chi connectivity index (χ2n) is 5.95. The SMILES string of the molecule is O=C(Nc1n[nH]c2cc(-c3ccc(CO)cc3)ccc12)C1CC1. The number of carbonyl (C=O) groups excluding carboxylic acids is 1. The summed E-state index contributed by atoms with van der Waals surface area (Å²) in [6, 6.07) is 13.8. The highest BCUT2D eigenvalue weighted by molar-refractivity contribution is 6.02. The molecule has 23 heavy (non-hydrogen) atoms. The van der Waals surface area contributed by atoms with E-state index < -0.39 is 0 Å². The summed E-state index contributed by atoms with van der Waals surface area (Å²) in [7, 11) is 0. The maximum absolute atomic E-state index is 11.9. The van der Waals surface area contributed by atoms with Crippen LogP contribution in [-0.4, -0.2) is 21.2 Å². The Morgan fingerprint density at radius 3 is 2.61 bits per heavy atom. The Morgan fingerprint density at radius 1 is 1.17 bits per heavy atom. The van der Waals surface area contributed by atoms with E-state index in [0.29, 0.717) is 5.82 Å². The molecular weight excluding hydrogens is 290 g/mol. The van der Waals surface area contributed by atoms with Crippen LogP contribution in [0.1, 0.15) is 18.4 Å².